The van der Waals surface area contributed by atoms with E-state index in [1.807, 2.05) is 48.5 Å². The molecule has 152 valence electrons. The van der Waals surface area contributed by atoms with Crippen LogP contribution in [0.25, 0.3) is 11.1 Å². The van der Waals surface area contributed by atoms with Crippen LogP contribution >= 0.6 is 0 Å². The fourth-order valence-corrected chi connectivity index (χ4v) is 3.75. The zero-order chi connectivity index (χ0) is 19.1. The lowest BCUT2D eigenvalue weighted by Crippen LogP contribution is -3.16. The summed E-state index contributed by atoms with van der Waals surface area (Å²) in [4.78, 5) is 13.9. The summed E-state index contributed by atoms with van der Waals surface area (Å²) in [5.74, 6) is 0.595. The van der Waals surface area contributed by atoms with Crippen molar-refractivity contribution in [2.24, 2.45) is 0 Å². The summed E-state index contributed by atoms with van der Waals surface area (Å²) >= 11 is 0. The standard InChI is InChI=1S/C23H29NO3.ClH/c1-18-6-3-4-15-24(18)16-5-17-27-23(25)21-9-7-19(8-10-21)20-11-13-22(26-2)14-12-20;/h7-14,18H,3-6,15-17H2,1-2H3;1H. The smallest absolute Gasteiger partial charge is 0.338 e. The first kappa shape index (κ1) is 22.3. The summed E-state index contributed by atoms with van der Waals surface area (Å²) < 4.78 is 10.6. The van der Waals surface area contributed by atoms with Gasteiger partial charge in [-0.25, -0.2) is 4.79 Å². The van der Waals surface area contributed by atoms with Gasteiger partial charge in [-0.3, -0.25) is 0 Å². The highest BCUT2D eigenvalue weighted by atomic mass is 35.5. The van der Waals surface area contributed by atoms with Gasteiger partial charge >= 0.3 is 5.97 Å². The van der Waals surface area contributed by atoms with Crippen molar-refractivity contribution in [3.05, 3.63) is 54.1 Å². The van der Waals surface area contributed by atoms with Crippen LogP contribution < -0.4 is 22.0 Å². The van der Waals surface area contributed by atoms with E-state index in [9.17, 15) is 4.79 Å². The molecule has 2 unspecified atom stereocenters. The third kappa shape index (κ3) is 5.98. The molecule has 0 aliphatic carbocycles. The second kappa shape index (κ2) is 11.1. The van der Waals surface area contributed by atoms with Gasteiger partial charge in [0.05, 0.1) is 38.4 Å². The predicted octanol–water partition coefficient (Wildman–Crippen LogP) is 0.370. The van der Waals surface area contributed by atoms with Crippen molar-refractivity contribution >= 4 is 5.97 Å². The monoisotopic (exact) mass is 403 g/mol. The van der Waals surface area contributed by atoms with Gasteiger partial charge in [-0.15, -0.1) is 0 Å². The molecule has 1 heterocycles. The molecule has 4 nitrogen and oxygen atoms in total. The maximum Gasteiger partial charge on any atom is 0.338 e. The summed E-state index contributed by atoms with van der Waals surface area (Å²) in [5, 5.41) is 0. The fraction of sp³-hybridized carbons (Fsp3) is 0.435. The molecule has 0 spiro atoms. The van der Waals surface area contributed by atoms with Gasteiger partial charge in [0.15, 0.2) is 0 Å². The van der Waals surface area contributed by atoms with Crippen molar-refractivity contribution in [2.75, 3.05) is 26.8 Å². The molecule has 2 atom stereocenters. The average molecular weight is 404 g/mol. The third-order valence-corrected chi connectivity index (χ3v) is 5.50. The first-order valence-corrected chi connectivity index (χ1v) is 9.93. The molecule has 0 bridgehead atoms. The van der Waals surface area contributed by atoms with E-state index in [0.29, 0.717) is 12.2 Å². The van der Waals surface area contributed by atoms with Crippen molar-refractivity contribution in [2.45, 2.75) is 38.6 Å². The number of likely N-dealkylation sites (tertiary alicyclic amines) is 1. The van der Waals surface area contributed by atoms with E-state index < -0.39 is 0 Å². The maximum atomic E-state index is 12.2. The van der Waals surface area contributed by atoms with Crippen molar-refractivity contribution < 1.29 is 31.6 Å². The normalized spacial score (nSPS) is 18.8. The molecule has 1 aliphatic heterocycles. The summed E-state index contributed by atoms with van der Waals surface area (Å²) in [6.45, 7) is 5.16. The first-order valence-electron chi connectivity index (χ1n) is 9.93. The Labute approximate surface area is 174 Å². The van der Waals surface area contributed by atoms with Crippen LogP contribution in [0.5, 0.6) is 5.75 Å². The van der Waals surface area contributed by atoms with Crippen LogP contribution in [0.15, 0.2) is 48.5 Å². The number of carbonyl (C=O) groups is 1. The highest BCUT2D eigenvalue weighted by Crippen LogP contribution is 2.22. The van der Waals surface area contributed by atoms with Gasteiger partial charge in [0, 0.05) is 6.42 Å². The second-order valence-corrected chi connectivity index (χ2v) is 7.35. The first-order chi connectivity index (χ1) is 13.2. The number of esters is 1. The number of hydrogen-bond acceptors (Lipinski definition) is 3. The van der Waals surface area contributed by atoms with Crippen molar-refractivity contribution in [3.63, 3.8) is 0 Å². The highest BCUT2D eigenvalue weighted by Gasteiger charge is 2.21. The molecular weight excluding hydrogens is 374 g/mol. The van der Waals surface area contributed by atoms with Crippen molar-refractivity contribution in [3.8, 4) is 16.9 Å². The molecule has 0 amide bonds. The molecule has 3 rings (SSSR count). The Bertz CT molecular complexity index is 731. The molecule has 28 heavy (non-hydrogen) atoms. The number of methoxy groups -OCH3 is 1. The Morgan fingerprint density at radius 3 is 2.29 bits per heavy atom. The molecule has 0 aromatic heterocycles. The van der Waals surface area contributed by atoms with Crippen LogP contribution in [-0.2, 0) is 4.74 Å². The zero-order valence-electron chi connectivity index (χ0n) is 16.7. The number of halogens is 1. The molecule has 1 N–H and O–H groups in total. The van der Waals surface area contributed by atoms with Gasteiger partial charge in [0.2, 0.25) is 0 Å². The van der Waals surface area contributed by atoms with E-state index in [-0.39, 0.29) is 18.4 Å². The number of ether oxygens (including phenoxy) is 2. The van der Waals surface area contributed by atoms with Gasteiger partial charge < -0.3 is 26.8 Å². The molecule has 0 radical (unpaired) electrons. The predicted molar refractivity (Wildman–Crippen MR) is 107 cm³/mol. The van der Waals surface area contributed by atoms with Crippen LogP contribution in [-0.4, -0.2) is 38.8 Å². The number of carbonyl (C=O) groups excluding carboxylic acids is 1. The van der Waals surface area contributed by atoms with Crippen molar-refractivity contribution in [1.82, 2.24) is 0 Å². The molecule has 2 aromatic carbocycles. The van der Waals surface area contributed by atoms with E-state index in [0.717, 1.165) is 35.9 Å². The Kier molecular flexibility index (Phi) is 8.81. The quantitative estimate of drug-likeness (QED) is 0.536. The van der Waals surface area contributed by atoms with E-state index >= 15 is 0 Å². The fourth-order valence-electron chi connectivity index (χ4n) is 3.75. The summed E-state index contributed by atoms with van der Waals surface area (Å²) in [7, 11) is 1.66. The summed E-state index contributed by atoms with van der Waals surface area (Å²) in [6.07, 6.45) is 4.91. The molecule has 1 fully saturated rings. The summed E-state index contributed by atoms with van der Waals surface area (Å²) in [6, 6.07) is 16.2. The number of quaternary nitrogens is 1. The van der Waals surface area contributed by atoms with E-state index in [2.05, 4.69) is 6.92 Å². The number of hydrogen-bond donors (Lipinski definition) is 1. The minimum Gasteiger partial charge on any atom is -1.00 e. The molecule has 1 saturated heterocycles. The molecular formula is C23H30ClNO3. The van der Waals surface area contributed by atoms with Crippen LogP contribution in [0.3, 0.4) is 0 Å². The summed E-state index contributed by atoms with van der Waals surface area (Å²) in [5.41, 5.74) is 2.76. The number of piperidine rings is 1. The van der Waals surface area contributed by atoms with Crippen LogP contribution in [0.4, 0.5) is 0 Å². The molecule has 5 heteroatoms. The molecule has 1 aliphatic rings. The number of nitrogens with one attached hydrogen (secondary N) is 1. The minimum atomic E-state index is -0.238. The Balaban J connectivity index is 0.00000280. The zero-order valence-corrected chi connectivity index (χ0v) is 17.5. The highest BCUT2D eigenvalue weighted by molar-refractivity contribution is 5.90. The van der Waals surface area contributed by atoms with E-state index in [1.54, 1.807) is 12.0 Å². The van der Waals surface area contributed by atoms with Crippen LogP contribution in [0, 0.1) is 0 Å². The Morgan fingerprint density at radius 1 is 1.04 bits per heavy atom. The lowest BCUT2D eigenvalue weighted by molar-refractivity contribution is -0.928. The number of rotatable bonds is 7. The van der Waals surface area contributed by atoms with Gasteiger partial charge in [-0.05, 0) is 61.6 Å². The van der Waals surface area contributed by atoms with E-state index in [4.69, 9.17) is 9.47 Å². The molecule has 0 saturated carbocycles. The van der Waals surface area contributed by atoms with Crippen LogP contribution in [0.1, 0.15) is 43.0 Å². The van der Waals surface area contributed by atoms with E-state index in [1.165, 1.54) is 25.8 Å². The SMILES string of the molecule is COc1ccc(-c2ccc(C(=O)OCCC[NH+]3CCCCC3C)cc2)cc1.[Cl-]. The minimum absolute atomic E-state index is 0. The van der Waals surface area contributed by atoms with Gasteiger partial charge in [-0.1, -0.05) is 24.3 Å². The van der Waals surface area contributed by atoms with Crippen molar-refractivity contribution in [1.29, 1.82) is 0 Å². The third-order valence-electron chi connectivity index (χ3n) is 5.50. The van der Waals surface area contributed by atoms with Gasteiger partial charge in [0.1, 0.15) is 5.75 Å². The topological polar surface area (TPSA) is 40.0 Å². The average Bonchev–Trinajstić information content (AvgIpc) is 2.72. The maximum absolute atomic E-state index is 12.2. The van der Waals surface area contributed by atoms with Gasteiger partial charge in [-0.2, -0.15) is 0 Å². The Hall–Kier alpha value is -2.04. The largest absolute Gasteiger partial charge is 1.00 e. The van der Waals surface area contributed by atoms with Gasteiger partial charge in [0.25, 0.3) is 0 Å². The number of benzene rings is 2. The lowest BCUT2D eigenvalue weighted by atomic mass is 10.0. The lowest BCUT2D eigenvalue weighted by Gasteiger charge is -2.30. The Morgan fingerprint density at radius 2 is 1.68 bits per heavy atom. The van der Waals surface area contributed by atoms with Crippen LogP contribution in [0.2, 0.25) is 0 Å². The molecule has 2 aromatic rings. The second-order valence-electron chi connectivity index (χ2n) is 7.35.